The molecule has 158 valence electrons. The van der Waals surface area contributed by atoms with Crippen molar-refractivity contribution in [3.05, 3.63) is 53.3 Å². The van der Waals surface area contributed by atoms with E-state index in [1.807, 2.05) is 5.38 Å². The molecule has 0 fully saturated rings. The number of anilines is 3. The molecule has 3 aromatic heterocycles. The lowest BCUT2D eigenvalue weighted by Crippen LogP contribution is -2.16. The van der Waals surface area contributed by atoms with Gasteiger partial charge in [0.1, 0.15) is 22.2 Å². The number of nitrogens with two attached hydrogens (primary N) is 2. The Morgan fingerprint density at radius 2 is 2.00 bits per heavy atom. The number of nitrogen functional groups attached to an aromatic ring is 2. The fourth-order valence-electron chi connectivity index (χ4n) is 2.85. The van der Waals surface area contributed by atoms with Crippen LogP contribution in [0, 0.1) is 5.82 Å². The monoisotopic (exact) mass is 440 g/mol. The van der Waals surface area contributed by atoms with Gasteiger partial charge in [0.15, 0.2) is 17.5 Å². The standard InChI is InChI=1S/C19H17FN8O2S/c1-30-19(29)24-14-15(21)25-17(26-16(14)22)12-8-13(18-23-6-7-31-18)28(27-12)9-10-4-2-3-5-11(10)20/h2-8H,9H2,1H3,(H,24,29)(H4,21,22,25,26). The van der Waals surface area contributed by atoms with Gasteiger partial charge in [-0.15, -0.1) is 11.3 Å². The second kappa shape index (κ2) is 8.36. The number of carbonyl (C=O) groups excluding carboxylic acids is 1. The maximum Gasteiger partial charge on any atom is 0.411 e. The molecule has 0 unspecified atom stereocenters. The molecule has 3 heterocycles. The fourth-order valence-corrected chi connectivity index (χ4v) is 3.51. The number of ether oxygens (including phenoxy) is 1. The van der Waals surface area contributed by atoms with Gasteiger partial charge in [-0.05, 0) is 12.1 Å². The number of thiazole rings is 1. The van der Waals surface area contributed by atoms with E-state index in [9.17, 15) is 9.18 Å². The number of amides is 1. The molecule has 1 amide bonds. The number of methoxy groups -OCH3 is 1. The van der Waals surface area contributed by atoms with E-state index in [4.69, 9.17) is 11.5 Å². The second-order valence-corrected chi connectivity index (χ2v) is 7.20. The van der Waals surface area contributed by atoms with Crippen molar-refractivity contribution in [3.8, 4) is 22.2 Å². The zero-order chi connectivity index (χ0) is 22.0. The summed E-state index contributed by atoms with van der Waals surface area (Å²) in [6.07, 6.45) is 0.912. The molecule has 0 bridgehead atoms. The number of nitrogens with zero attached hydrogens (tertiary/aromatic N) is 5. The van der Waals surface area contributed by atoms with Crippen LogP contribution in [-0.4, -0.2) is 37.9 Å². The molecule has 4 aromatic rings. The zero-order valence-corrected chi connectivity index (χ0v) is 17.1. The van der Waals surface area contributed by atoms with Crippen LogP contribution in [0.4, 0.5) is 26.5 Å². The highest BCUT2D eigenvalue weighted by Crippen LogP contribution is 2.30. The van der Waals surface area contributed by atoms with E-state index in [1.165, 1.54) is 24.5 Å². The molecule has 1 aromatic carbocycles. The van der Waals surface area contributed by atoms with Crippen LogP contribution in [0.1, 0.15) is 5.56 Å². The first-order valence-electron chi connectivity index (χ1n) is 8.95. The Hall–Kier alpha value is -4.06. The largest absolute Gasteiger partial charge is 0.453 e. The Labute approximate surface area is 179 Å². The molecule has 0 aliphatic rings. The molecule has 4 rings (SSSR count). The summed E-state index contributed by atoms with van der Waals surface area (Å²) in [5, 5.41) is 9.43. The van der Waals surface area contributed by atoms with E-state index in [-0.39, 0.29) is 35.5 Å². The van der Waals surface area contributed by atoms with Crippen LogP contribution < -0.4 is 16.8 Å². The fraction of sp³-hybridized carbons (Fsp3) is 0.105. The van der Waals surface area contributed by atoms with Crippen LogP contribution in [0.2, 0.25) is 0 Å². The predicted molar refractivity (Wildman–Crippen MR) is 115 cm³/mol. The molecule has 0 atom stereocenters. The summed E-state index contributed by atoms with van der Waals surface area (Å²) in [6, 6.07) is 8.17. The molecule has 0 aliphatic carbocycles. The van der Waals surface area contributed by atoms with Crippen molar-refractivity contribution in [3.63, 3.8) is 0 Å². The third-order valence-electron chi connectivity index (χ3n) is 4.32. The number of rotatable bonds is 5. The number of hydrogen-bond donors (Lipinski definition) is 3. The molecule has 0 aliphatic heterocycles. The summed E-state index contributed by atoms with van der Waals surface area (Å²) in [5.74, 6) is -0.289. The summed E-state index contributed by atoms with van der Waals surface area (Å²) < 4.78 is 20.4. The highest BCUT2D eigenvalue weighted by atomic mass is 32.1. The highest BCUT2D eigenvalue weighted by Gasteiger charge is 2.19. The van der Waals surface area contributed by atoms with Gasteiger partial charge in [-0.2, -0.15) is 5.10 Å². The van der Waals surface area contributed by atoms with Crippen LogP contribution >= 0.6 is 11.3 Å². The van der Waals surface area contributed by atoms with E-state index in [0.29, 0.717) is 22.0 Å². The third-order valence-corrected chi connectivity index (χ3v) is 5.11. The van der Waals surface area contributed by atoms with Gasteiger partial charge in [0.05, 0.1) is 19.3 Å². The van der Waals surface area contributed by atoms with Crippen LogP contribution in [0.25, 0.3) is 22.2 Å². The first-order chi connectivity index (χ1) is 15.0. The Balaban J connectivity index is 1.76. The quantitative estimate of drug-likeness (QED) is 0.429. The Bertz CT molecular complexity index is 1220. The molecular formula is C19H17FN8O2S. The first-order valence-corrected chi connectivity index (χ1v) is 9.83. The topological polar surface area (TPSA) is 147 Å². The van der Waals surface area contributed by atoms with Crippen molar-refractivity contribution < 1.29 is 13.9 Å². The summed E-state index contributed by atoms with van der Waals surface area (Å²) in [7, 11) is 1.21. The van der Waals surface area contributed by atoms with E-state index in [2.05, 4.69) is 30.1 Å². The number of carbonyl (C=O) groups is 1. The van der Waals surface area contributed by atoms with Crippen LogP contribution in [0.3, 0.4) is 0 Å². The van der Waals surface area contributed by atoms with Crippen LogP contribution in [0.15, 0.2) is 41.9 Å². The molecule has 0 saturated carbocycles. The number of halogens is 1. The van der Waals surface area contributed by atoms with Gasteiger partial charge in [-0.1, -0.05) is 18.2 Å². The van der Waals surface area contributed by atoms with E-state index in [0.717, 1.165) is 0 Å². The predicted octanol–water partition coefficient (Wildman–Crippen LogP) is 2.99. The molecule has 31 heavy (non-hydrogen) atoms. The van der Waals surface area contributed by atoms with Gasteiger partial charge in [0.25, 0.3) is 0 Å². The molecule has 0 saturated heterocycles. The van der Waals surface area contributed by atoms with Gasteiger partial charge in [0.2, 0.25) is 0 Å². The van der Waals surface area contributed by atoms with Crippen molar-refractivity contribution >= 4 is 34.8 Å². The van der Waals surface area contributed by atoms with E-state index < -0.39 is 6.09 Å². The summed E-state index contributed by atoms with van der Waals surface area (Å²) >= 11 is 1.41. The highest BCUT2D eigenvalue weighted by molar-refractivity contribution is 7.13. The molecular weight excluding hydrogens is 423 g/mol. The summed E-state index contributed by atoms with van der Waals surface area (Å²) in [5.41, 5.74) is 13.4. The van der Waals surface area contributed by atoms with Crippen molar-refractivity contribution in [1.29, 1.82) is 0 Å². The molecule has 12 heteroatoms. The van der Waals surface area contributed by atoms with Gasteiger partial charge < -0.3 is 16.2 Å². The van der Waals surface area contributed by atoms with Crippen LogP contribution in [0.5, 0.6) is 0 Å². The lowest BCUT2D eigenvalue weighted by Gasteiger charge is -2.09. The number of benzene rings is 1. The van der Waals surface area contributed by atoms with Gasteiger partial charge >= 0.3 is 6.09 Å². The zero-order valence-electron chi connectivity index (χ0n) is 16.2. The third kappa shape index (κ3) is 4.14. The average Bonchev–Trinajstić information content (AvgIpc) is 3.42. The average molecular weight is 440 g/mol. The Kier molecular flexibility index (Phi) is 5.45. The number of hydrogen-bond acceptors (Lipinski definition) is 9. The maximum absolute atomic E-state index is 14.2. The lowest BCUT2D eigenvalue weighted by atomic mass is 10.2. The number of nitrogens with one attached hydrogen (secondary N) is 1. The van der Waals surface area contributed by atoms with E-state index in [1.54, 1.807) is 35.1 Å². The SMILES string of the molecule is COC(=O)Nc1c(N)nc(-c2cc(-c3nccs3)n(Cc3ccccc3F)n2)nc1N. The van der Waals surface area contributed by atoms with Crippen LogP contribution in [-0.2, 0) is 11.3 Å². The number of aromatic nitrogens is 5. The Morgan fingerprint density at radius 3 is 2.65 bits per heavy atom. The molecule has 0 radical (unpaired) electrons. The normalized spacial score (nSPS) is 10.8. The summed E-state index contributed by atoms with van der Waals surface area (Å²) in [4.78, 5) is 24.2. The van der Waals surface area contributed by atoms with Crippen molar-refractivity contribution in [1.82, 2.24) is 24.7 Å². The van der Waals surface area contributed by atoms with Crippen molar-refractivity contribution in [2.45, 2.75) is 6.54 Å². The minimum absolute atomic E-state index is 0.0431. The Morgan fingerprint density at radius 1 is 1.26 bits per heavy atom. The lowest BCUT2D eigenvalue weighted by molar-refractivity contribution is 0.187. The molecule has 5 N–H and O–H groups in total. The van der Waals surface area contributed by atoms with E-state index >= 15 is 0 Å². The van der Waals surface area contributed by atoms with Gasteiger partial charge in [0, 0.05) is 17.1 Å². The minimum atomic E-state index is -0.755. The molecule has 0 spiro atoms. The van der Waals surface area contributed by atoms with Crippen molar-refractivity contribution in [2.24, 2.45) is 0 Å². The second-order valence-electron chi connectivity index (χ2n) is 6.31. The van der Waals surface area contributed by atoms with Gasteiger partial charge in [-0.25, -0.2) is 24.1 Å². The smallest absolute Gasteiger partial charge is 0.411 e. The minimum Gasteiger partial charge on any atom is -0.453 e. The van der Waals surface area contributed by atoms with Crippen molar-refractivity contribution in [2.75, 3.05) is 23.9 Å². The summed E-state index contributed by atoms with van der Waals surface area (Å²) in [6.45, 7) is 0.175. The maximum atomic E-state index is 14.2. The molecule has 10 nitrogen and oxygen atoms in total. The van der Waals surface area contributed by atoms with Gasteiger partial charge in [-0.3, -0.25) is 10.00 Å². The first kappa shape index (κ1) is 20.2.